The van der Waals surface area contributed by atoms with Crippen LogP contribution in [0.15, 0.2) is 18.2 Å². The summed E-state index contributed by atoms with van der Waals surface area (Å²) in [6.45, 7) is 0. The van der Waals surface area contributed by atoms with Gasteiger partial charge in [-0.05, 0) is 23.8 Å². The zero-order chi connectivity index (χ0) is 10.8. The van der Waals surface area contributed by atoms with Crippen molar-refractivity contribution in [1.29, 1.82) is 5.26 Å². The van der Waals surface area contributed by atoms with Crippen LogP contribution in [0, 0.1) is 11.3 Å². The summed E-state index contributed by atoms with van der Waals surface area (Å²) in [7, 11) is 0. The first kappa shape index (κ1) is 11.1. The number of nitrogens with zero attached hydrogens (tertiary/aromatic N) is 1. The quantitative estimate of drug-likeness (QED) is 0.712. The Hall–Kier alpha value is -1.02. The number of hydrogen-bond acceptors (Lipinski definition) is 1. The van der Waals surface area contributed by atoms with E-state index >= 15 is 0 Å². The normalized spacial score (nSPS) is 11.1. The third kappa shape index (κ3) is 2.26. The lowest BCUT2D eigenvalue weighted by atomic mass is 10.1. The first-order valence-electron chi connectivity index (χ1n) is 3.65. The summed E-state index contributed by atoms with van der Waals surface area (Å²) in [5.74, 6) is 0. The van der Waals surface area contributed by atoms with Crippen LogP contribution in [0.2, 0.25) is 0 Å². The molecule has 0 unspecified atom stereocenters. The molecule has 1 nitrogen and oxygen atoms in total. The molecule has 5 heteroatoms. The van der Waals surface area contributed by atoms with Crippen LogP contribution < -0.4 is 0 Å². The molecule has 0 N–H and O–H groups in total. The van der Waals surface area contributed by atoms with Crippen molar-refractivity contribution in [2.24, 2.45) is 0 Å². The molecule has 1 rings (SSSR count). The Labute approximate surface area is 87.3 Å². The van der Waals surface area contributed by atoms with Crippen molar-refractivity contribution < 1.29 is 13.2 Å². The van der Waals surface area contributed by atoms with Crippen molar-refractivity contribution in [3.63, 3.8) is 0 Å². The standard InChI is InChI=1S/C9H5BrF3N/c10-4-7-3-8(9(11,12)13)2-1-6(7)5-14/h1-3H,4H2. The van der Waals surface area contributed by atoms with Gasteiger partial charge in [-0.3, -0.25) is 0 Å². The highest BCUT2D eigenvalue weighted by Crippen LogP contribution is 2.30. The second-order valence-electron chi connectivity index (χ2n) is 2.62. The molecule has 0 amide bonds. The summed E-state index contributed by atoms with van der Waals surface area (Å²) < 4.78 is 36.7. The van der Waals surface area contributed by atoms with E-state index in [1.165, 1.54) is 6.07 Å². The van der Waals surface area contributed by atoms with Crippen molar-refractivity contribution in [1.82, 2.24) is 0 Å². The molecule has 0 aliphatic heterocycles. The van der Waals surface area contributed by atoms with Crippen molar-refractivity contribution >= 4 is 15.9 Å². The molecule has 0 saturated carbocycles. The van der Waals surface area contributed by atoms with Gasteiger partial charge >= 0.3 is 6.18 Å². The number of hydrogen-bond donors (Lipinski definition) is 0. The van der Waals surface area contributed by atoms with Crippen LogP contribution in [-0.2, 0) is 11.5 Å². The summed E-state index contributed by atoms with van der Waals surface area (Å²) in [6, 6.07) is 4.89. The minimum Gasteiger partial charge on any atom is -0.192 e. The van der Waals surface area contributed by atoms with Gasteiger partial charge in [-0.25, -0.2) is 0 Å². The average molecular weight is 264 g/mol. The maximum atomic E-state index is 12.2. The molecule has 0 fully saturated rings. The average Bonchev–Trinajstić information content (AvgIpc) is 2.15. The number of benzene rings is 1. The molecule has 0 spiro atoms. The summed E-state index contributed by atoms with van der Waals surface area (Å²) in [5.41, 5.74) is -0.122. The monoisotopic (exact) mass is 263 g/mol. The van der Waals surface area contributed by atoms with E-state index in [0.29, 0.717) is 5.56 Å². The van der Waals surface area contributed by atoms with E-state index in [4.69, 9.17) is 5.26 Å². The second-order valence-corrected chi connectivity index (χ2v) is 3.18. The first-order valence-corrected chi connectivity index (χ1v) is 4.77. The van der Waals surface area contributed by atoms with Crippen LogP contribution in [0.1, 0.15) is 16.7 Å². The van der Waals surface area contributed by atoms with Crippen LogP contribution in [0.3, 0.4) is 0 Å². The van der Waals surface area contributed by atoms with Gasteiger partial charge in [0, 0.05) is 5.33 Å². The Balaban J connectivity index is 3.23. The number of nitriles is 1. The van der Waals surface area contributed by atoms with Gasteiger partial charge in [0.05, 0.1) is 17.2 Å². The molecule has 0 aliphatic rings. The highest BCUT2D eigenvalue weighted by Gasteiger charge is 2.30. The van der Waals surface area contributed by atoms with E-state index in [0.717, 1.165) is 12.1 Å². The molecule has 74 valence electrons. The molecule has 0 heterocycles. The number of rotatable bonds is 1. The van der Waals surface area contributed by atoms with E-state index < -0.39 is 11.7 Å². The largest absolute Gasteiger partial charge is 0.416 e. The van der Waals surface area contributed by atoms with Gasteiger partial charge in [-0.15, -0.1) is 0 Å². The van der Waals surface area contributed by atoms with E-state index in [2.05, 4.69) is 15.9 Å². The molecule has 0 aromatic heterocycles. The van der Waals surface area contributed by atoms with E-state index in [1.54, 1.807) is 0 Å². The fourth-order valence-corrected chi connectivity index (χ4v) is 1.45. The predicted molar refractivity (Wildman–Crippen MR) is 48.8 cm³/mol. The predicted octanol–water partition coefficient (Wildman–Crippen LogP) is 3.47. The summed E-state index contributed by atoms with van der Waals surface area (Å²) >= 11 is 3.03. The third-order valence-corrected chi connectivity index (χ3v) is 2.30. The zero-order valence-electron chi connectivity index (χ0n) is 6.90. The maximum Gasteiger partial charge on any atom is 0.416 e. The highest BCUT2D eigenvalue weighted by molar-refractivity contribution is 9.08. The van der Waals surface area contributed by atoms with Gasteiger partial charge in [0.1, 0.15) is 0 Å². The minimum atomic E-state index is -4.36. The Morgan fingerprint density at radius 3 is 2.43 bits per heavy atom. The van der Waals surface area contributed by atoms with Gasteiger partial charge in [0.25, 0.3) is 0 Å². The molecule has 14 heavy (non-hydrogen) atoms. The van der Waals surface area contributed by atoms with Gasteiger partial charge < -0.3 is 0 Å². The lowest BCUT2D eigenvalue weighted by Crippen LogP contribution is -2.05. The maximum absolute atomic E-state index is 12.2. The Morgan fingerprint density at radius 1 is 1.36 bits per heavy atom. The van der Waals surface area contributed by atoms with Crippen molar-refractivity contribution in [3.05, 3.63) is 34.9 Å². The van der Waals surface area contributed by atoms with Crippen molar-refractivity contribution in [2.75, 3.05) is 0 Å². The molecule has 1 aromatic rings. The molecular formula is C9H5BrF3N. The lowest BCUT2D eigenvalue weighted by molar-refractivity contribution is -0.137. The molecule has 0 bridgehead atoms. The van der Waals surface area contributed by atoms with Crippen LogP contribution >= 0.6 is 15.9 Å². The van der Waals surface area contributed by atoms with Gasteiger partial charge in [-0.1, -0.05) is 15.9 Å². The molecule has 0 aliphatic carbocycles. The lowest BCUT2D eigenvalue weighted by Gasteiger charge is -2.08. The van der Waals surface area contributed by atoms with E-state index in [1.807, 2.05) is 6.07 Å². The summed E-state index contributed by atoms with van der Waals surface area (Å²) in [4.78, 5) is 0. The second kappa shape index (κ2) is 4.01. The third-order valence-electron chi connectivity index (χ3n) is 1.70. The van der Waals surface area contributed by atoms with Crippen molar-refractivity contribution in [2.45, 2.75) is 11.5 Å². The molecule has 1 aromatic carbocycles. The topological polar surface area (TPSA) is 23.8 Å². The van der Waals surface area contributed by atoms with Crippen LogP contribution in [0.5, 0.6) is 0 Å². The molecule has 0 radical (unpaired) electrons. The fraction of sp³-hybridized carbons (Fsp3) is 0.222. The van der Waals surface area contributed by atoms with Crippen LogP contribution in [0.25, 0.3) is 0 Å². The first-order chi connectivity index (χ1) is 6.49. The van der Waals surface area contributed by atoms with Crippen molar-refractivity contribution in [3.8, 4) is 6.07 Å². The van der Waals surface area contributed by atoms with E-state index in [-0.39, 0.29) is 10.9 Å². The van der Waals surface area contributed by atoms with Gasteiger partial charge in [0.2, 0.25) is 0 Å². The summed E-state index contributed by atoms with van der Waals surface area (Å²) in [6.07, 6.45) is -4.36. The summed E-state index contributed by atoms with van der Waals surface area (Å²) in [5, 5.41) is 8.83. The smallest absolute Gasteiger partial charge is 0.192 e. The minimum absolute atomic E-state index is 0.236. The molecule has 0 atom stereocenters. The number of halogens is 4. The Morgan fingerprint density at radius 2 is 2.00 bits per heavy atom. The number of alkyl halides is 4. The van der Waals surface area contributed by atoms with Gasteiger partial charge in [0.15, 0.2) is 0 Å². The molecule has 0 saturated heterocycles. The van der Waals surface area contributed by atoms with Crippen LogP contribution in [0.4, 0.5) is 13.2 Å². The zero-order valence-corrected chi connectivity index (χ0v) is 8.48. The Bertz CT molecular complexity index is 379. The molecular weight excluding hydrogens is 259 g/mol. The van der Waals surface area contributed by atoms with Gasteiger partial charge in [-0.2, -0.15) is 18.4 Å². The van der Waals surface area contributed by atoms with E-state index in [9.17, 15) is 13.2 Å². The SMILES string of the molecule is N#Cc1ccc(C(F)(F)F)cc1CBr. The fourth-order valence-electron chi connectivity index (χ4n) is 0.990. The van der Waals surface area contributed by atoms with Crippen LogP contribution in [-0.4, -0.2) is 0 Å². The Kier molecular flexibility index (Phi) is 3.17. The highest BCUT2D eigenvalue weighted by atomic mass is 79.9.